The fourth-order valence-corrected chi connectivity index (χ4v) is 7.80. The first kappa shape index (κ1) is 19.3. The van der Waals surface area contributed by atoms with Crippen molar-refractivity contribution in [1.82, 2.24) is 0 Å². The van der Waals surface area contributed by atoms with Crippen LogP contribution in [0.1, 0.15) is 27.8 Å². The topological polar surface area (TPSA) is 0 Å². The molecule has 4 aromatic rings. The molecule has 0 amide bonds. The number of hydrogen-bond donors (Lipinski definition) is 0. The molecular formula is C29H30Si. The van der Waals surface area contributed by atoms with Gasteiger partial charge in [-0.3, -0.25) is 0 Å². The van der Waals surface area contributed by atoms with E-state index in [1.165, 1.54) is 55.3 Å². The van der Waals surface area contributed by atoms with Crippen LogP contribution in [0.25, 0.3) is 33.0 Å². The summed E-state index contributed by atoms with van der Waals surface area (Å²) in [6.07, 6.45) is 1.06. The average Bonchev–Trinajstić information content (AvgIpc) is 3.05. The van der Waals surface area contributed by atoms with E-state index in [2.05, 4.69) is 101 Å². The first-order chi connectivity index (χ1) is 14.3. The van der Waals surface area contributed by atoms with Gasteiger partial charge < -0.3 is 0 Å². The molecule has 4 aromatic carbocycles. The van der Waals surface area contributed by atoms with Crippen LogP contribution < -0.4 is 5.19 Å². The summed E-state index contributed by atoms with van der Waals surface area (Å²) in [7, 11) is -1.57. The minimum Gasteiger partial charge on any atom is -0.0656 e. The largest absolute Gasteiger partial charge is 0.0788 e. The number of rotatable bonds is 2. The molecular weight excluding hydrogens is 376 g/mol. The van der Waals surface area contributed by atoms with E-state index < -0.39 is 8.07 Å². The number of fused-ring (bicyclic) bond motifs is 4. The second-order valence-electron chi connectivity index (χ2n) is 9.95. The van der Waals surface area contributed by atoms with Crippen LogP contribution in [0.15, 0.2) is 60.7 Å². The molecule has 0 saturated heterocycles. The molecule has 0 radical (unpaired) electrons. The standard InChI is InChI=1S/C29H30Si/c1-18-11-9-12-19(2)25(18)28-26-20(3)13-10-16-23(26)29(30(4,5)6)24-17-21-14-7-8-15-22(21)27(24)28/h7-16H,17H2,1-6H3. The molecule has 0 atom stereocenters. The third-order valence-corrected chi connectivity index (χ3v) is 8.85. The summed E-state index contributed by atoms with van der Waals surface area (Å²) in [6.45, 7) is 14.4. The van der Waals surface area contributed by atoms with Crippen LogP contribution in [-0.2, 0) is 6.42 Å². The van der Waals surface area contributed by atoms with E-state index in [4.69, 9.17) is 0 Å². The summed E-state index contributed by atoms with van der Waals surface area (Å²) in [4.78, 5) is 0. The van der Waals surface area contributed by atoms with Crippen LogP contribution in [0.5, 0.6) is 0 Å². The smallest absolute Gasteiger partial charge is 0.0656 e. The van der Waals surface area contributed by atoms with Gasteiger partial charge in [0.2, 0.25) is 0 Å². The highest BCUT2D eigenvalue weighted by atomic mass is 28.3. The lowest BCUT2D eigenvalue weighted by Crippen LogP contribution is -2.41. The van der Waals surface area contributed by atoms with Gasteiger partial charge >= 0.3 is 0 Å². The lowest BCUT2D eigenvalue weighted by atomic mass is 9.84. The van der Waals surface area contributed by atoms with Crippen LogP contribution in [0.2, 0.25) is 19.6 Å². The molecule has 0 fully saturated rings. The second kappa shape index (κ2) is 6.68. The fourth-order valence-electron chi connectivity index (χ4n) is 5.67. The van der Waals surface area contributed by atoms with E-state index in [9.17, 15) is 0 Å². The summed E-state index contributed by atoms with van der Waals surface area (Å²) >= 11 is 0. The summed E-state index contributed by atoms with van der Waals surface area (Å²) in [6, 6.07) is 22.7. The van der Waals surface area contributed by atoms with Crippen molar-refractivity contribution in [3.63, 3.8) is 0 Å². The second-order valence-corrected chi connectivity index (χ2v) is 15.0. The zero-order valence-corrected chi connectivity index (χ0v) is 20.0. The van der Waals surface area contributed by atoms with Crippen LogP contribution in [0, 0.1) is 20.8 Å². The first-order valence-corrected chi connectivity index (χ1v) is 14.5. The monoisotopic (exact) mass is 406 g/mol. The Morgan fingerprint density at radius 2 is 1.27 bits per heavy atom. The highest BCUT2D eigenvalue weighted by molar-refractivity contribution is 6.91. The van der Waals surface area contributed by atoms with Crippen molar-refractivity contribution in [3.8, 4) is 22.3 Å². The molecule has 0 spiro atoms. The van der Waals surface area contributed by atoms with Gasteiger partial charge in [0.15, 0.2) is 0 Å². The quantitative estimate of drug-likeness (QED) is 0.265. The van der Waals surface area contributed by atoms with Gasteiger partial charge in [-0.1, -0.05) is 80.3 Å². The van der Waals surface area contributed by atoms with Crippen molar-refractivity contribution in [2.24, 2.45) is 0 Å². The van der Waals surface area contributed by atoms with E-state index in [1.807, 2.05) is 0 Å². The Kier molecular flexibility index (Phi) is 4.31. The summed E-state index contributed by atoms with van der Waals surface area (Å²) in [5, 5.41) is 4.60. The maximum Gasteiger partial charge on any atom is 0.0788 e. The Bertz CT molecular complexity index is 1300. The molecule has 0 N–H and O–H groups in total. The molecule has 1 aliphatic carbocycles. The van der Waals surface area contributed by atoms with E-state index in [0.29, 0.717) is 0 Å². The molecule has 1 heteroatoms. The molecule has 0 bridgehead atoms. The zero-order valence-electron chi connectivity index (χ0n) is 19.0. The lowest BCUT2D eigenvalue weighted by molar-refractivity contribution is 1.28. The van der Waals surface area contributed by atoms with E-state index in [1.54, 1.807) is 10.8 Å². The molecule has 1 aliphatic rings. The van der Waals surface area contributed by atoms with Gasteiger partial charge in [0.25, 0.3) is 0 Å². The predicted octanol–water partition coefficient (Wildman–Crippen LogP) is 7.55. The molecule has 30 heavy (non-hydrogen) atoms. The minimum atomic E-state index is -1.57. The van der Waals surface area contributed by atoms with Gasteiger partial charge in [-0.15, -0.1) is 0 Å². The van der Waals surface area contributed by atoms with Crippen molar-refractivity contribution >= 4 is 24.0 Å². The molecule has 0 heterocycles. The highest BCUT2D eigenvalue weighted by Gasteiger charge is 2.33. The van der Waals surface area contributed by atoms with Crippen molar-refractivity contribution in [3.05, 3.63) is 88.5 Å². The van der Waals surface area contributed by atoms with Crippen molar-refractivity contribution < 1.29 is 0 Å². The van der Waals surface area contributed by atoms with Crippen LogP contribution in [0.4, 0.5) is 0 Å². The molecule has 0 aliphatic heterocycles. The summed E-state index contributed by atoms with van der Waals surface area (Å²) in [5.74, 6) is 0. The van der Waals surface area contributed by atoms with Crippen LogP contribution >= 0.6 is 0 Å². The molecule has 0 unspecified atom stereocenters. The lowest BCUT2D eigenvalue weighted by Gasteiger charge is -2.28. The fraction of sp³-hybridized carbons (Fsp3) is 0.241. The first-order valence-electron chi connectivity index (χ1n) is 11.0. The van der Waals surface area contributed by atoms with E-state index in [0.717, 1.165) is 6.42 Å². The molecule has 150 valence electrons. The number of hydrogen-bond acceptors (Lipinski definition) is 0. The van der Waals surface area contributed by atoms with Crippen molar-refractivity contribution in [1.29, 1.82) is 0 Å². The van der Waals surface area contributed by atoms with Gasteiger partial charge in [-0.05, 0) is 93.2 Å². The van der Waals surface area contributed by atoms with Crippen LogP contribution in [-0.4, -0.2) is 8.07 Å². The van der Waals surface area contributed by atoms with Gasteiger partial charge in [0, 0.05) is 0 Å². The van der Waals surface area contributed by atoms with Gasteiger partial charge in [0.1, 0.15) is 0 Å². The Hall–Kier alpha value is -2.64. The maximum absolute atomic E-state index is 2.51. The van der Waals surface area contributed by atoms with E-state index >= 15 is 0 Å². The molecule has 0 nitrogen and oxygen atoms in total. The minimum absolute atomic E-state index is 1.06. The van der Waals surface area contributed by atoms with Crippen LogP contribution in [0.3, 0.4) is 0 Å². The van der Waals surface area contributed by atoms with Gasteiger partial charge in [-0.2, -0.15) is 0 Å². The Labute approximate surface area is 181 Å². The summed E-state index contributed by atoms with van der Waals surface area (Å²) in [5.41, 5.74) is 13.0. The molecule has 5 rings (SSSR count). The van der Waals surface area contributed by atoms with Crippen molar-refractivity contribution in [2.75, 3.05) is 0 Å². The SMILES string of the molecule is Cc1cccc(C)c1-c1c2c(c([Si](C)(C)C)c3cccc(C)c13)Cc1ccccc1-2. The third-order valence-electron chi connectivity index (χ3n) is 6.78. The third kappa shape index (κ3) is 2.72. The Morgan fingerprint density at radius 3 is 1.97 bits per heavy atom. The molecule has 0 saturated carbocycles. The normalized spacial score (nSPS) is 12.9. The highest BCUT2D eigenvalue weighted by Crippen LogP contribution is 2.48. The predicted molar refractivity (Wildman–Crippen MR) is 135 cm³/mol. The number of aryl methyl sites for hydroxylation is 3. The van der Waals surface area contributed by atoms with Crippen molar-refractivity contribution in [2.45, 2.75) is 46.8 Å². The van der Waals surface area contributed by atoms with Gasteiger partial charge in [0.05, 0.1) is 8.07 Å². The Morgan fingerprint density at radius 1 is 0.633 bits per heavy atom. The van der Waals surface area contributed by atoms with E-state index in [-0.39, 0.29) is 0 Å². The average molecular weight is 407 g/mol. The van der Waals surface area contributed by atoms with Gasteiger partial charge in [-0.25, -0.2) is 0 Å². The molecule has 0 aromatic heterocycles. The Balaban J connectivity index is 2.09. The number of benzene rings is 4. The summed E-state index contributed by atoms with van der Waals surface area (Å²) < 4.78 is 0. The maximum atomic E-state index is 2.51. The zero-order chi connectivity index (χ0) is 21.2.